The van der Waals surface area contributed by atoms with Crippen molar-refractivity contribution in [3.8, 4) is 0 Å². The van der Waals surface area contributed by atoms with Gasteiger partial charge in [-0.1, -0.05) is 13.8 Å². The van der Waals surface area contributed by atoms with Crippen molar-refractivity contribution >= 4 is 0 Å². The lowest BCUT2D eigenvalue weighted by Crippen LogP contribution is -2.36. The van der Waals surface area contributed by atoms with Crippen LogP contribution in [0.3, 0.4) is 0 Å². The summed E-state index contributed by atoms with van der Waals surface area (Å²) in [5, 5.41) is 3.52. The molecule has 1 aliphatic heterocycles. The fourth-order valence-corrected chi connectivity index (χ4v) is 1.99. The summed E-state index contributed by atoms with van der Waals surface area (Å²) in [5.41, 5.74) is 0. The van der Waals surface area contributed by atoms with Gasteiger partial charge in [0, 0.05) is 19.1 Å². The van der Waals surface area contributed by atoms with Crippen LogP contribution >= 0.6 is 0 Å². The van der Waals surface area contributed by atoms with Gasteiger partial charge in [0.05, 0.1) is 0 Å². The van der Waals surface area contributed by atoms with E-state index >= 15 is 0 Å². The van der Waals surface area contributed by atoms with Crippen molar-refractivity contribution in [2.45, 2.75) is 32.7 Å². The Morgan fingerprint density at radius 2 is 2.25 bits per heavy atom. The molecule has 1 atom stereocenters. The normalized spacial score (nSPS) is 24.2. The minimum Gasteiger partial charge on any atom is -0.313 e. The lowest BCUT2D eigenvalue weighted by Gasteiger charge is -2.22. The molecule has 0 aromatic heterocycles. The zero-order chi connectivity index (χ0) is 8.97. The highest BCUT2D eigenvalue weighted by Crippen LogP contribution is 2.06. The SMILES string of the molecule is CC(C)CN(C)C[C@@H]1CCCN1. The summed E-state index contributed by atoms with van der Waals surface area (Å²) < 4.78 is 0. The van der Waals surface area contributed by atoms with Crippen LogP contribution in [0.4, 0.5) is 0 Å². The summed E-state index contributed by atoms with van der Waals surface area (Å²) in [7, 11) is 2.22. The molecule has 0 amide bonds. The Balaban J connectivity index is 2.11. The average molecular weight is 170 g/mol. The van der Waals surface area contributed by atoms with Crippen LogP contribution in [0.1, 0.15) is 26.7 Å². The second-order valence-corrected chi connectivity index (χ2v) is 4.41. The molecule has 2 nitrogen and oxygen atoms in total. The van der Waals surface area contributed by atoms with Gasteiger partial charge >= 0.3 is 0 Å². The Morgan fingerprint density at radius 3 is 2.75 bits per heavy atom. The molecule has 1 fully saturated rings. The molecule has 1 rings (SSSR count). The lowest BCUT2D eigenvalue weighted by atomic mass is 10.2. The molecule has 0 spiro atoms. The van der Waals surface area contributed by atoms with Crippen LogP contribution in [0.2, 0.25) is 0 Å². The van der Waals surface area contributed by atoms with Crippen molar-refractivity contribution in [1.29, 1.82) is 0 Å². The summed E-state index contributed by atoms with van der Waals surface area (Å²) in [6.07, 6.45) is 2.72. The maximum Gasteiger partial charge on any atom is 0.0195 e. The standard InChI is InChI=1S/C10H22N2/c1-9(2)7-12(3)8-10-5-4-6-11-10/h9-11H,4-8H2,1-3H3/t10-/m0/s1. The smallest absolute Gasteiger partial charge is 0.0195 e. The van der Waals surface area contributed by atoms with E-state index in [1.54, 1.807) is 0 Å². The maximum absolute atomic E-state index is 3.52. The van der Waals surface area contributed by atoms with Crippen molar-refractivity contribution < 1.29 is 0 Å². The Kier molecular flexibility index (Phi) is 4.02. The third kappa shape index (κ3) is 3.55. The molecule has 1 saturated heterocycles. The van der Waals surface area contributed by atoms with Gasteiger partial charge in [-0.05, 0) is 32.4 Å². The van der Waals surface area contributed by atoms with Crippen LogP contribution < -0.4 is 5.32 Å². The Hall–Kier alpha value is -0.0800. The number of hydrogen-bond donors (Lipinski definition) is 1. The Morgan fingerprint density at radius 1 is 1.50 bits per heavy atom. The molecule has 0 bridgehead atoms. The van der Waals surface area contributed by atoms with Crippen molar-refractivity contribution in [1.82, 2.24) is 10.2 Å². The zero-order valence-electron chi connectivity index (χ0n) is 8.64. The van der Waals surface area contributed by atoms with E-state index in [1.165, 1.54) is 32.5 Å². The Labute approximate surface area is 76.3 Å². The monoisotopic (exact) mass is 170 g/mol. The highest BCUT2D eigenvalue weighted by molar-refractivity contribution is 4.76. The largest absolute Gasteiger partial charge is 0.313 e. The molecule has 1 heterocycles. The molecule has 72 valence electrons. The van der Waals surface area contributed by atoms with Gasteiger partial charge in [-0.15, -0.1) is 0 Å². The number of likely N-dealkylation sites (N-methyl/N-ethyl adjacent to an activating group) is 1. The third-order valence-electron chi connectivity index (χ3n) is 2.37. The second kappa shape index (κ2) is 4.83. The van der Waals surface area contributed by atoms with Crippen LogP contribution in [-0.4, -0.2) is 37.6 Å². The van der Waals surface area contributed by atoms with Crippen molar-refractivity contribution in [3.63, 3.8) is 0 Å². The summed E-state index contributed by atoms with van der Waals surface area (Å²) >= 11 is 0. The van der Waals surface area contributed by atoms with E-state index in [1.807, 2.05) is 0 Å². The average Bonchev–Trinajstić information content (AvgIpc) is 2.37. The summed E-state index contributed by atoms with van der Waals surface area (Å²) in [6, 6.07) is 0.758. The summed E-state index contributed by atoms with van der Waals surface area (Å²) in [6.45, 7) is 8.22. The first-order valence-corrected chi connectivity index (χ1v) is 5.10. The third-order valence-corrected chi connectivity index (χ3v) is 2.37. The number of hydrogen-bond acceptors (Lipinski definition) is 2. The number of rotatable bonds is 4. The van der Waals surface area contributed by atoms with Gasteiger partial charge in [-0.3, -0.25) is 0 Å². The van der Waals surface area contributed by atoms with Gasteiger partial charge in [0.25, 0.3) is 0 Å². The van der Waals surface area contributed by atoms with E-state index < -0.39 is 0 Å². The van der Waals surface area contributed by atoms with Gasteiger partial charge in [0.15, 0.2) is 0 Å². The van der Waals surface area contributed by atoms with Crippen LogP contribution in [0, 0.1) is 5.92 Å². The molecule has 0 aromatic carbocycles. The lowest BCUT2D eigenvalue weighted by molar-refractivity contribution is 0.270. The fraction of sp³-hybridized carbons (Fsp3) is 1.00. The van der Waals surface area contributed by atoms with E-state index in [9.17, 15) is 0 Å². The summed E-state index contributed by atoms with van der Waals surface area (Å²) in [4.78, 5) is 2.44. The molecule has 0 aromatic rings. The predicted octanol–water partition coefficient (Wildman–Crippen LogP) is 1.33. The van der Waals surface area contributed by atoms with Crippen LogP contribution in [0.15, 0.2) is 0 Å². The molecule has 2 heteroatoms. The number of nitrogens with zero attached hydrogens (tertiary/aromatic N) is 1. The van der Waals surface area contributed by atoms with E-state index in [4.69, 9.17) is 0 Å². The quantitative estimate of drug-likeness (QED) is 0.684. The van der Waals surface area contributed by atoms with Crippen molar-refractivity contribution in [2.24, 2.45) is 5.92 Å². The first kappa shape index (κ1) is 10.0. The minimum absolute atomic E-state index is 0.758. The van der Waals surface area contributed by atoms with Gasteiger partial charge in [0.1, 0.15) is 0 Å². The van der Waals surface area contributed by atoms with E-state index in [0.717, 1.165) is 12.0 Å². The van der Waals surface area contributed by atoms with Crippen LogP contribution in [0.5, 0.6) is 0 Å². The van der Waals surface area contributed by atoms with E-state index in [2.05, 4.69) is 31.1 Å². The van der Waals surface area contributed by atoms with Gasteiger partial charge in [-0.2, -0.15) is 0 Å². The molecule has 0 saturated carbocycles. The second-order valence-electron chi connectivity index (χ2n) is 4.41. The molecule has 0 radical (unpaired) electrons. The minimum atomic E-state index is 0.758. The molecule has 12 heavy (non-hydrogen) atoms. The molecular weight excluding hydrogens is 148 g/mol. The molecule has 1 N–H and O–H groups in total. The first-order chi connectivity index (χ1) is 5.68. The zero-order valence-corrected chi connectivity index (χ0v) is 8.64. The van der Waals surface area contributed by atoms with Crippen LogP contribution in [0.25, 0.3) is 0 Å². The van der Waals surface area contributed by atoms with Crippen LogP contribution in [-0.2, 0) is 0 Å². The highest BCUT2D eigenvalue weighted by atomic mass is 15.1. The fourth-order valence-electron chi connectivity index (χ4n) is 1.99. The highest BCUT2D eigenvalue weighted by Gasteiger charge is 2.15. The predicted molar refractivity (Wildman–Crippen MR) is 53.4 cm³/mol. The van der Waals surface area contributed by atoms with Crippen molar-refractivity contribution in [3.05, 3.63) is 0 Å². The van der Waals surface area contributed by atoms with Crippen molar-refractivity contribution in [2.75, 3.05) is 26.7 Å². The van der Waals surface area contributed by atoms with E-state index in [-0.39, 0.29) is 0 Å². The number of nitrogens with one attached hydrogen (secondary N) is 1. The molecule has 0 aliphatic carbocycles. The maximum atomic E-state index is 3.52. The van der Waals surface area contributed by atoms with E-state index in [0.29, 0.717) is 0 Å². The topological polar surface area (TPSA) is 15.3 Å². The first-order valence-electron chi connectivity index (χ1n) is 5.10. The van der Waals surface area contributed by atoms with Gasteiger partial charge in [-0.25, -0.2) is 0 Å². The molecule has 1 aliphatic rings. The molecular formula is C10H22N2. The van der Waals surface area contributed by atoms with Gasteiger partial charge < -0.3 is 10.2 Å². The molecule has 0 unspecified atom stereocenters. The Bertz CT molecular complexity index is 117. The summed E-state index contributed by atoms with van der Waals surface area (Å²) in [5.74, 6) is 0.788. The van der Waals surface area contributed by atoms with Gasteiger partial charge in [0.2, 0.25) is 0 Å².